The molecule has 1 aliphatic heterocycles. The Morgan fingerprint density at radius 1 is 0.875 bits per heavy atom. The van der Waals surface area contributed by atoms with Crippen LogP contribution in [0.1, 0.15) is 35.1 Å². The minimum atomic E-state index is -0.330. The molecule has 0 unspecified atom stereocenters. The molecular formula is C25H27ClN4O2. The van der Waals surface area contributed by atoms with Crippen LogP contribution in [0.2, 0.25) is 0 Å². The van der Waals surface area contributed by atoms with E-state index in [2.05, 4.69) is 22.8 Å². The number of rotatable bonds is 9. The summed E-state index contributed by atoms with van der Waals surface area (Å²) in [5, 5.41) is 23.8. The van der Waals surface area contributed by atoms with E-state index in [9.17, 15) is 9.59 Å². The van der Waals surface area contributed by atoms with Crippen LogP contribution in [0.4, 0.5) is 0 Å². The monoisotopic (exact) mass is 450 g/mol. The van der Waals surface area contributed by atoms with E-state index >= 15 is 0 Å². The van der Waals surface area contributed by atoms with Crippen LogP contribution in [-0.4, -0.2) is 31.3 Å². The molecule has 1 fully saturated rings. The lowest BCUT2D eigenvalue weighted by Gasteiger charge is -2.17. The molecule has 7 heteroatoms. The van der Waals surface area contributed by atoms with Crippen LogP contribution in [0.25, 0.3) is 0 Å². The maximum absolute atomic E-state index is 12.7. The van der Waals surface area contributed by atoms with Crippen LogP contribution in [0.5, 0.6) is 0 Å². The van der Waals surface area contributed by atoms with Crippen LogP contribution < -0.4 is 10.6 Å². The first-order valence-corrected chi connectivity index (χ1v) is 10.6. The zero-order chi connectivity index (χ0) is 22.1. The summed E-state index contributed by atoms with van der Waals surface area (Å²) in [5.41, 5.74) is 3.41. The van der Waals surface area contributed by atoms with E-state index in [4.69, 9.17) is 10.5 Å². The van der Waals surface area contributed by atoms with Gasteiger partial charge in [0.1, 0.15) is 5.78 Å². The fraction of sp³-hybridized carbons (Fsp3) is 0.360. The second-order valence-electron chi connectivity index (χ2n) is 7.85. The molecule has 1 aliphatic rings. The number of hydrogen-bond acceptors (Lipinski definition) is 5. The van der Waals surface area contributed by atoms with Crippen LogP contribution in [0.15, 0.2) is 48.5 Å². The molecule has 0 aliphatic carbocycles. The molecule has 1 heterocycles. The summed E-state index contributed by atoms with van der Waals surface area (Å²) in [4.78, 5) is 25.4. The van der Waals surface area contributed by atoms with E-state index in [-0.39, 0.29) is 35.9 Å². The van der Waals surface area contributed by atoms with Crippen molar-refractivity contribution in [1.82, 2.24) is 10.6 Å². The van der Waals surface area contributed by atoms with Crippen molar-refractivity contribution in [2.75, 3.05) is 19.6 Å². The number of hydrogen-bond donors (Lipinski definition) is 2. The van der Waals surface area contributed by atoms with E-state index in [1.165, 1.54) is 0 Å². The third-order valence-electron chi connectivity index (χ3n) is 5.73. The molecule has 32 heavy (non-hydrogen) atoms. The van der Waals surface area contributed by atoms with Crippen molar-refractivity contribution < 1.29 is 9.59 Å². The molecule has 2 aromatic carbocycles. The molecule has 3 rings (SSSR count). The van der Waals surface area contributed by atoms with Crippen molar-refractivity contribution in [1.29, 1.82) is 10.5 Å². The molecule has 2 N–H and O–H groups in total. The predicted molar refractivity (Wildman–Crippen MR) is 124 cm³/mol. The van der Waals surface area contributed by atoms with Crippen molar-refractivity contribution in [3.05, 3.63) is 70.8 Å². The van der Waals surface area contributed by atoms with Crippen LogP contribution >= 0.6 is 12.4 Å². The minimum absolute atomic E-state index is 0. The smallest absolute Gasteiger partial charge is 0.225 e. The van der Waals surface area contributed by atoms with Crippen molar-refractivity contribution in [2.24, 2.45) is 11.8 Å². The number of nitriles is 2. The molecule has 6 nitrogen and oxygen atoms in total. The summed E-state index contributed by atoms with van der Waals surface area (Å²) in [6.45, 7) is 1.57. The first-order valence-electron chi connectivity index (χ1n) is 10.6. The van der Waals surface area contributed by atoms with Gasteiger partial charge in [-0.15, -0.1) is 12.4 Å². The highest BCUT2D eigenvalue weighted by molar-refractivity contribution is 5.89. The largest absolute Gasteiger partial charge is 0.355 e. The summed E-state index contributed by atoms with van der Waals surface area (Å²) < 4.78 is 0. The minimum Gasteiger partial charge on any atom is -0.355 e. The number of carbonyl (C=O) groups excluding carboxylic acids is 2. The molecule has 0 bridgehead atoms. The Morgan fingerprint density at radius 3 is 1.97 bits per heavy atom. The van der Waals surface area contributed by atoms with E-state index in [1.807, 2.05) is 24.3 Å². The van der Waals surface area contributed by atoms with Crippen LogP contribution in [0.3, 0.4) is 0 Å². The predicted octanol–water partition coefficient (Wildman–Crippen LogP) is 2.94. The average molecular weight is 451 g/mol. The summed E-state index contributed by atoms with van der Waals surface area (Å²) in [6, 6.07) is 18.9. The van der Waals surface area contributed by atoms with Gasteiger partial charge in [0, 0.05) is 32.0 Å². The number of halogens is 1. The van der Waals surface area contributed by atoms with Crippen molar-refractivity contribution in [3.8, 4) is 12.1 Å². The lowest BCUT2D eigenvalue weighted by Crippen LogP contribution is -2.38. The fourth-order valence-electron chi connectivity index (χ4n) is 3.90. The molecule has 0 spiro atoms. The third-order valence-corrected chi connectivity index (χ3v) is 5.73. The second-order valence-corrected chi connectivity index (χ2v) is 7.85. The molecule has 2 atom stereocenters. The van der Waals surface area contributed by atoms with Crippen molar-refractivity contribution >= 4 is 24.1 Å². The fourth-order valence-corrected chi connectivity index (χ4v) is 3.90. The van der Waals surface area contributed by atoms with Gasteiger partial charge in [-0.2, -0.15) is 10.5 Å². The van der Waals surface area contributed by atoms with Gasteiger partial charge in [0.15, 0.2) is 0 Å². The van der Waals surface area contributed by atoms with Gasteiger partial charge in [0.05, 0.1) is 29.2 Å². The number of nitrogens with zero attached hydrogens (tertiary/aromatic N) is 2. The second kappa shape index (κ2) is 12.6. The van der Waals surface area contributed by atoms with Gasteiger partial charge in [-0.3, -0.25) is 9.59 Å². The Balaban J connectivity index is 0.00000363. The summed E-state index contributed by atoms with van der Waals surface area (Å²) in [5.74, 6) is -0.561. The van der Waals surface area contributed by atoms with Gasteiger partial charge < -0.3 is 10.6 Å². The van der Waals surface area contributed by atoms with E-state index < -0.39 is 0 Å². The summed E-state index contributed by atoms with van der Waals surface area (Å²) in [7, 11) is 0. The SMILES string of the molecule is Cl.N#Cc1ccc(CCCC(=O)[C@@H]2CNC[C@H]2C(=O)NCCc2ccc(C#N)cc2)cc1. The Labute approximate surface area is 195 Å². The van der Waals surface area contributed by atoms with Gasteiger partial charge in [-0.05, 0) is 54.7 Å². The Kier molecular flexibility index (Phi) is 9.88. The van der Waals surface area contributed by atoms with Gasteiger partial charge >= 0.3 is 0 Å². The first kappa shape index (κ1) is 25.1. The molecular weight excluding hydrogens is 424 g/mol. The van der Waals surface area contributed by atoms with E-state index in [0.717, 1.165) is 24.0 Å². The zero-order valence-corrected chi connectivity index (χ0v) is 18.7. The number of nitrogens with one attached hydrogen (secondary N) is 2. The zero-order valence-electron chi connectivity index (χ0n) is 17.8. The lowest BCUT2D eigenvalue weighted by atomic mass is 9.88. The van der Waals surface area contributed by atoms with Crippen LogP contribution in [0, 0.1) is 34.5 Å². The molecule has 1 amide bonds. The number of carbonyl (C=O) groups is 2. The number of ketones is 1. The lowest BCUT2D eigenvalue weighted by molar-refractivity contribution is -0.131. The summed E-state index contributed by atoms with van der Waals surface area (Å²) in [6.07, 6.45) is 2.63. The highest BCUT2D eigenvalue weighted by atomic mass is 35.5. The van der Waals surface area contributed by atoms with E-state index in [1.54, 1.807) is 24.3 Å². The highest BCUT2D eigenvalue weighted by Gasteiger charge is 2.36. The Hall–Kier alpha value is -3.19. The normalized spacial score (nSPS) is 16.9. The Bertz CT molecular complexity index is 909. The topological polar surface area (TPSA) is 106 Å². The number of amides is 1. The highest BCUT2D eigenvalue weighted by Crippen LogP contribution is 2.21. The number of benzene rings is 2. The van der Waals surface area contributed by atoms with Gasteiger partial charge in [-0.25, -0.2) is 0 Å². The molecule has 1 saturated heterocycles. The first-order chi connectivity index (χ1) is 15.1. The third kappa shape index (κ3) is 6.92. The number of aryl methyl sites for hydroxylation is 1. The molecule has 0 saturated carbocycles. The maximum Gasteiger partial charge on any atom is 0.225 e. The van der Waals surface area contributed by atoms with E-state index in [0.29, 0.717) is 43.6 Å². The van der Waals surface area contributed by atoms with Crippen molar-refractivity contribution in [2.45, 2.75) is 25.7 Å². The van der Waals surface area contributed by atoms with Crippen LogP contribution in [-0.2, 0) is 22.4 Å². The maximum atomic E-state index is 12.7. The van der Waals surface area contributed by atoms with Crippen molar-refractivity contribution in [3.63, 3.8) is 0 Å². The molecule has 166 valence electrons. The molecule has 2 aromatic rings. The van der Waals surface area contributed by atoms with Gasteiger partial charge in [0.2, 0.25) is 5.91 Å². The quantitative estimate of drug-likeness (QED) is 0.611. The van der Waals surface area contributed by atoms with Gasteiger partial charge in [0.25, 0.3) is 0 Å². The molecule has 0 aromatic heterocycles. The number of Topliss-reactive ketones (excluding diaryl/α,β-unsaturated/α-hetero) is 1. The Morgan fingerprint density at radius 2 is 1.41 bits per heavy atom. The van der Waals surface area contributed by atoms with Gasteiger partial charge in [-0.1, -0.05) is 24.3 Å². The standard InChI is InChI=1S/C25H26N4O2.ClH/c26-14-20-8-4-18(5-9-20)2-1-3-24(30)22-16-28-17-23(22)25(31)29-13-12-19-6-10-21(15-27)11-7-19;/h4-11,22-23,28H,1-3,12-13,16-17H2,(H,29,31);1H/t22-,23-;/m1./s1. The average Bonchev–Trinajstić information content (AvgIpc) is 3.30. The summed E-state index contributed by atoms with van der Waals surface area (Å²) >= 11 is 0. The molecule has 0 radical (unpaired) electrons.